The first-order valence-corrected chi connectivity index (χ1v) is 7.81. The van der Waals surface area contributed by atoms with Gasteiger partial charge in [-0.1, -0.05) is 30.3 Å². The minimum Gasteiger partial charge on any atom is -0.399 e. The Morgan fingerprint density at radius 2 is 1.81 bits per heavy atom. The zero-order chi connectivity index (χ0) is 15.5. The number of nitrogens with one attached hydrogen (secondary N) is 1. The first kappa shape index (κ1) is 15.3. The summed E-state index contributed by atoms with van der Waals surface area (Å²) in [4.78, 5) is -0.0702. The average molecular weight is 307 g/mol. The highest BCUT2D eigenvalue weighted by Crippen LogP contribution is 2.21. The summed E-state index contributed by atoms with van der Waals surface area (Å²) >= 11 is 0. The van der Waals surface area contributed by atoms with Gasteiger partial charge in [-0.15, -0.1) is 0 Å². The van der Waals surface area contributed by atoms with Crippen LogP contribution >= 0.6 is 0 Å². The van der Waals surface area contributed by atoms with E-state index in [0.717, 1.165) is 5.56 Å². The molecule has 112 valence electrons. The van der Waals surface area contributed by atoms with E-state index in [-0.39, 0.29) is 17.1 Å². The van der Waals surface area contributed by atoms with E-state index in [2.05, 4.69) is 5.32 Å². The molecule has 1 unspecified atom stereocenters. The van der Waals surface area contributed by atoms with Crippen molar-refractivity contribution in [3.63, 3.8) is 0 Å². The molecule has 0 saturated heterocycles. The Morgan fingerprint density at radius 3 is 2.43 bits per heavy atom. The van der Waals surface area contributed by atoms with Crippen molar-refractivity contribution in [1.29, 1.82) is 0 Å². The van der Waals surface area contributed by atoms with E-state index in [4.69, 9.17) is 10.9 Å². The smallest absolute Gasteiger partial charge is 0.238 e. The molecule has 0 aliphatic carbocycles. The van der Waals surface area contributed by atoms with Crippen molar-refractivity contribution in [2.75, 3.05) is 17.6 Å². The van der Waals surface area contributed by atoms with Crippen molar-refractivity contribution in [2.24, 2.45) is 5.14 Å². The van der Waals surface area contributed by atoms with Gasteiger partial charge in [-0.25, -0.2) is 13.6 Å². The zero-order valence-corrected chi connectivity index (χ0v) is 12.0. The number of rotatable bonds is 5. The fourth-order valence-corrected chi connectivity index (χ4v) is 2.49. The second-order valence-corrected chi connectivity index (χ2v) is 6.20. The molecule has 0 aromatic heterocycles. The van der Waals surface area contributed by atoms with E-state index in [9.17, 15) is 13.5 Å². The number of aliphatic hydroxyl groups excluding tert-OH is 1. The first-order valence-electron chi connectivity index (χ1n) is 6.26. The molecule has 0 bridgehead atoms. The van der Waals surface area contributed by atoms with Gasteiger partial charge >= 0.3 is 0 Å². The van der Waals surface area contributed by atoms with E-state index in [1.165, 1.54) is 12.1 Å². The molecule has 0 saturated carbocycles. The van der Waals surface area contributed by atoms with Gasteiger partial charge < -0.3 is 16.2 Å². The normalized spacial score (nSPS) is 12.9. The number of hydrogen-bond acceptors (Lipinski definition) is 5. The van der Waals surface area contributed by atoms with Crippen LogP contribution in [-0.2, 0) is 10.0 Å². The maximum Gasteiger partial charge on any atom is 0.238 e. The molecule has 2 aromatic carbocycles. The standard InChI is InChI=1S/C14H17N3O3S/c15-11-6-12(8-13(7-11)21(16,19)20)17-9-14(18)10-4-2-1-3-5-10/h1-8,14,17-18H,9,15H2,(H2,16,19,20). The highest BCUT2D eigenvalue weighted by atomic mass is 32.2. The van der Waals surface area contributed by atoms with Crippen LogP contribution in [0, 0.1) is 0 Å². The number of anilines is 2. The summed E-state index contributed by atoms with van der Waals surface area (Å²) < 4.78 is 22.7. The number of benzene rings is 2. The maximum atomic E-state index is 11.3. The van der Waals surface area contributed by atoms with Crippen LogP contribution in [0.1, 0.15) is 11.7 Å². The van der Waals surface area contributed by atoms with Gasteiger partial charge in [-0.3, -0.25) is 0 Å². The average Bonchev–Trinajstić information content (AvgIpc) is 2.44. The lowest BCUT2D eigenvalue weighted by Gasteiger charge is -2.14. The quantitative estimate of drug-likeness (QED) is 0.616. The molecule has 0 spiro atoms. The summed E-state index contributed by atoms with van der Waals surface area (Å²) in [5.74, 6) is 0. The molecule has 0 aliphatic heterocycles. The SMILES string of the molecule is Nc1cc(NCC(O)c2ccccc2)cc(S(N)(=O)=O)c1. The number of nitrogen functional groups attached to an aromatic ring is 1. The highest BCUT2D eigenvalue weighted by Gasteiger charge is 2.11. The minimum absolute atomic E-state index is 0.0702. The van der Waals surface area contributed by atoms with Crippen LogP contribution in [0.25, 0.3) is 0 Å². The van der Waals surface area contributed by atoms with Gasteiger partial charge in [0.2, 0.25) is 10.0 Å². The van der Waals surface area contributed by atoms with Crippen LogP contribution in [0.5, 0.6) is 0 Å². The van der Waals surface area contributed by atoms with Crippen LogP contribution in [0.2, 0.25) is 0 Å². The Hall–Kier alpha value is -2.09. The lowest BCUT2D eigenvalue weighted by atomic mass is 10.1. The molecule has 7 heteroatoms. The highest BCUT2D eigenvalue weighted by molar-refractivity contribution is 7.89. The maximum absolute atomic E-state index is 11.3. The van der Waals surface area contributed by atoms with Crippen molar-refractivity contribution < 1.29 is 13.5 Å². The second-order valence-electron chi connectivity index (χ2n) is 4.64. The zero-order valence-electron chi connectivity index (χ0n) is 11.2. The topological polar surface area (TPSA) is 118 Å². The van der Waals surface area contributed by atoms with Gasteiger partial charge in [0.15, 0.2) is 0 Å². The molecule has 0 aliphatic rings. The summed E-state index contributed by atoms with van der Waals surface area (Å²) in [6.45, 7) is 0.220. The van der Waals surface area contributed by atoms with Crippen LogP contribution < -0.4 is 16.2 Å². The number of aliphatic hydroxyl groups is 1. The third-order valence-corrected chi connectivity index (χ3v) is 3.83. The molecule has 0 heterocycles. The van der Waals surface area contributed by atoms with E-state index in [0.29, 0.717) is 5.69 Å². The molecule has 0 amide bonds. The van der Waals surface area contributed by atoms with Crippen molar-refractivity contribution in [1.82, 2.24) is 0 Å². The molecular formula is C14H17N3O3S. The third kappa shape index (κ3) is 4.19. The Kier molecular flexibility index (Phi) is 4.46. The summed E-state index contributed by atoms with van der Waals surface area (Å²) in [5, 5.41) is 18.1. The van der Waals surface area contributed by atoms with Gasteiger partial charge in [0.25, 0.3) is 0 Å². The number of primary sulfonamides is 1. The molecular weight excluding hydrogens is 290 g/mol. The van der Waals surface area contributed by atoms with Gasteiger partial charge in [-0.2, -0.15) is 0 Å². The largest absolute Gasteiger partial charge is 0.399 e. The molecule has 0 radical (unpaired) electrons. The lowest BCUT2D eigenvalue weighted by molar-refractivity contribution is 0.191. The van der Waals surface area contributed by atoms with Gasteiger partial charge in [0.05, 0.1) is 11.0 Å². The Bertz CT molecular complexity index is 717. The van der Waals surface area contributed by atoms with Crippen molar-refractivity contribution in [3.05, 3.63) is 54.1 Å². The Morgan fingerprint density at radius 1 is 1.14 bits per heavy atom. The predicted molar refractivity (Wildman–Crippen MR) is 82.1 cm³/mol. The van der Waals surface area contributed by atoms with Gasteiger partial charge in [0.1, 0.15) is 0 Å². The predicted octanol–water partition coefficient (Wildman–Crippen LogP) is 1.06. The fourth-order valence-electron chi connectivity index (χ4n) is 1.90. The molecule has 2 rings (SSSR count). The number of nitrogens with two attached hydrogens (primary N) is 2. The van der Waals surface area contributed by atoms with E-state index in [1.807, 2.05) is 30.3 Å². The number of hydrogen-bond donors (Lipinski definition) is 4. The van der Waals surface area contributed by atoms with Crippen molar-refractivity contribution >= 4 is 21.4 Å². The molecule has 6 N–H and O–H groups in total. The Labute approximate surface area is 123 Å². The van der Waals surface area contributed by atoms with Crippen molar-refractivity contribution in [2.45, 2.75) is 11.0 Å². The Balaban J connectivity index is 2.12. The van der Waals surface area contributed by atoms with Crippen LogP contribution in [0.3, 0.4) is 0 Å². The van der Waals surface area contributed by atoms with E-state index >= 15 is 0 Å². The van der Waals surface area contributed by atoms with E-state index in [1.54, 1.807) is 6.07 Å². The van der Waals surface area contributed by atoms with Gasteiger partial charge in [0, 0.05) is 17.9 Å². The summed E-state index contributed by atoms with van der Waals surface area (Å²) in [6.07, 6.45) is -0.717. The lowest BCUT2D eigenvalue weighted by Crippen LogP contribution is -2.15. The summed E-state index contributed by atoms with van der Waals surface area (Å²) in [7, 11) is -3.82. The van der Waals surface area contributed by atoms with Crippen molar-refractivity contribution in [3.8, 4) is 0 Å². The molecule has 1 atom stereocenters. The second kappa shape index (κ2) is 6.13. The molecule has 2 aromatic rings. The van der Waals surface area contributed by atoms with Crippen LogP contribution in [-0.4, -0.2) is 20.1 Å². The monoisotopic (exact) mass is 307 g/mol. The molecule has 6 nitrogen and oxygen atoms in total. The minimum atomic E-state index is -3.82. The summed E-state index contributed by atoms with van der Waals surface area (Å²) in [6, 6.07) is 13.4. The van der Waals surface area contributed by atoms with Crippen LogP contribution in [0.4, 0.5) is 11.4 Å². The van der Waals surface area contributed by atoms with Crippen LogP contribution in [0.15, 0.2) is 53.4 Å². The van der Waals surface area contributed by atoms with Gasteiger partial charge in [-0.05, 0) is 23.8 Å². The molecule has 21 heavy (non-hydrogen) atoms. The summed E-state index contributed by atoms with van der Waals surface area (Å²) in [5.41, 5.74) is 7.17. The number of sulfonamides is 1. The molecule has 0 fully saturated rings. The first-order chi connectivity index (χ1) is 9.86. The fraction of sp³-hybridized carbons (Fsp3) is 0.143. The van der Waals surface area contributed by atoms with E-state index < -0.39 is 16.1 Å². The third-order valence-electron chi connectivity index (χ3n) is 2.94.